The molecule has 0 saturated heterocycles. The van der Waals surface area contributed by atoms with Crippen molar-refractivity contribution < 1.29 is 9.84 Å². The van der Waals surface area contributed by atoms with Crippen LogP contribution in [0.2, 0.25) is 0 Å². The predicted octanol–water partition coefficient (Wildman–Crippen LogP) is 2.57. The van der Waals surface area contributed by atoms with E-state index in [4.69, 9.17) is 4.74 Å². The van der Waals surface area contributed by atoms with Crippen molar-refractivity contribution in [1.29, 1.82) is 0 Å². The van der Waals surface area contributed by atoms with Crippen LogP contribution in [0.4, 0.5) is 11.5 Å². The SMILES string of the molecule is COc1ccc2c(N(C)c3cccc(C#CC(C)(C)O)c3)nc3nncn3c2n1. The highest BCUT2D eigenvalue weighted by molar-refractivity contribution is 5.91. The lowest BCUT2D eigenvalue weighted by atomic mass is 10.1. The average Bonchev–Trinajstić information content (AvgIpc) is 3.19. The summed E-state index contributed by atoms with van der Waals surface area (Å²) in [6, 6.07) is 11.4. The largest absolute Gasteiger partial charge is 0.481 e. The topological polar surface area (TPSA) is 88.7 Å². The summed E-state index contributed by atoms with van der Waals surface area (Å²) in [5, 5.41) is 18.7. The molecule has 0 spiro atoms. The molecule has 8 heteroatoms. The number of hydrogen-bond acceptors (Lipinski definition) is 7. The third-order valence-electron chi connectivity index (χ3n) is 4.33. The van der Waals surface area contributed by atoms with Gasteiger partial charge in [-0.15, -0.1) is 10.2 Å². The van der Waals surface area contributed by atoms with E-state index in [-0.39, 0.29) is 0 Å². The summed E-state index contributed by atoms with van der Waals surface area (Å²) in [5.41, 5.74) is 1.28. The van der Waals surface area contributed by atoms with E-state index in [1.807, 2.05) is 42.3 Å². The van der Waals surface area contributed by atoms with Crippen molar-refractivity contribution in [3.8, 4) is 17.7 Å². The Bertz CT molecular complexity index is 1260. The fourth-order valence-corrected chi connectivity index (χ4v) is 2.91. The molecule has 0 unspecified atom stereocenters. The number of anilines is 2. The molecule has 4 rings (SSSR count). The van der Waals surface area contributed by atoms with Crippen LogP contribution in [0.25, 0.3) is 16.8 Å². The van der Waals surface area contributed by atoms with Crippen LogP contribution in [0.1, 0.15) is 19.4 Å². The highest BCUT2D eigenvalue weighted by atomic mass is 16.5. The second kappa shape index (κ2) is 7.04. The number of pyridine rings is 1. The van der Waals surface area contributed by atoms with Crippen molar-refractivity contribution in [3.63, 3.8) is 0 Å². The van der Waals surface area contributed by atoms with Crippen molar-refractivity contribution >= 4 is 28.3 Å². The van der Waals surface area contributed by atoms with Gasteiger partial charge in [0.05, 0.1) is 12.5 Å². The van der Waals surface area contributed by atoms with E-state index in [1.54, 1.807) is 37.8 Å². The van der Waals surface area contributed by atoms with E-state index < -0.39 is 5.60 Å². The highest BCUT2D eigenvalue weighted by Gasteiger charge is 2.16. The van der Waals surface area contributed by atoms with Gasteiger partial charge in [-0.3, -0.25) is 0 Å². The molecule has 0 amide bonds. The fraction of sp³-hybridized carbons (Fsp3) is 0.238. The first-order valence-corrected chi connectivity index (χ1v) is 8.99. The first kappa shape index (κ1) is 18.7. The normalized spacial score (nSPS) is 11.3. The molecule has 8 nitrogen and oxygen atoms in total. The quantitative estimate of drug-likeness (QED) is 0.540. The first-order chi connectivity index (χ1) is 13.9. The molecule has 0 fully saturated rings. The number of aromatic nitrogens is 5. The second-order valence-electron chi connectivity index (χ2n) is 7.08. The van der Waals surface area contributed by atoms with Gasteiger partial charge in [-0.2, -0.15) is 9.97 Å². The first-order valence-electron chi connectivity index (χ1n) is 8.99. The Labute approximate surface area is 167 Å². The Morgan fingerprint density at radius 2 is 2.00 bits per heavy atom. The Hall–Kier alpha value is -3.70. The molecule has 3 heterocycles. The molecule has 1 aromatic carbocycles. The molecule has 3 aromatic heterocycles. The Morgan fingerprint density at radius 1 is 1.17 bits per heavy atom. The summed E-state index contributed by atoms with van der Waals surface area (Å²) in [4.78, 5) is 11.2. The van der Waals surface area contributed by atoms with Gasteiger partial charge in [0, 0.05) is 24.4 Å². The van der Waals surface area contributed by atoms with Crippen LogP contribution in [-0.2, 0) is 0 Å². The van der Waals surface area contributed by atoms with Crippen molar-refractivity contribution in [3.05, 3.63) is 48.3 Å². The molecule has 0 saturated carbocycles. The summed E-state index contributed by atoms with van der Waals surface area (Å²) in [5.74, 6) is 7.46. The number of ether oxygens (including phenoxy) is 1. The summed E-state index contributed by atoms with van der Waals surface area (Å²) in [7, 11) is 3.49. The standard InChI is InChI=1S/C21H20N6O2/c1-21(2,28)11-10-14-6-5-7-15(12-14)26(3)18-16-8-9-17(29-4)23-19(16)27-13-22-25-20(27)24-18/h5-9,12-13,28H,1-4H3. The number of aliphatic hydroxyl groups is 1. The molecule has 4 aromatic rings. The van der Waals surface area contributed by atoms with Crippen molar-refractivity contribution in [2.75, 3.05) is 19.1 Å². The van der Waals surface area contributed by atoms with Crippen LogP contribution in [0, 0.1) is 11.8 Å². The molecule has 146 valence electrons. The summed E-state index contributed by atoms with van der Waals surface area (Å²) in [6.07, 6.45) is 1.58. The monoisotopic (exact) mass is 388 g/mol. The smallest absolute Gasteiger partial charge is 0.258 e. The van der Waals surface area contributed by atoms with Gasteiger partial charge in [0.15, 0.2) is 5.65 Å². The van der Waals surface area contributed by atoms with Crippen molar-refractivity contribution in [2.24, 2.45) is 0 Å². The van der Waals surface area contributed by atoms with Crippen LogP contribution in [0.15, 0.2) is 42.7 Å². The minimum absolute atomic E-state index is 0.443. The highest BCUT2D eigenvalue weighted by Crippen LogP contribution is 2.30. The van der Waals surface area contributed by atoms with E-state index in [0.29, 0.717) is 23.1 Å². The third-order valence-corrected chi connectivity index (χ3v) is 4.33. The lowest BCUT2D eigenvalue weighted by Gasteiger charge is -2.20. The zero-order valence-electron chi connectivity index (χ0n) is 16.6. The molecule has 0 atom stereocenters. The number of benzene rings is 1. The Morgan fingerprint density at radius 3 is 2.76 bits per heavy atom. The molecule has 0 aliphatic heterocycles. The molecule has 0 radical (unpaired) electrons. The summed E-state index contributed by atoms with van der Waals surface area (Å²) < 4.78 is 6.99. The second-order valence-corrected chi connectivity index (χ2v) is 7.08. The van der Waals surface area contributed by atoms with E-state index >= 15 is 0 Å². The van der Waals surface area contributed by atoms with Crippen LogP contribution in [-0.4, -0.2) is 49.4 Å². The van der Waals surface area contributed by atoms with E-state index in [0.717, 1.165) is 16.6 Å². The minimum Gasteiger partial charge on any atom is -0.481 e. The molecular formula is C21H20N6O2. The van der Waals surface area contributed by atoms with Gasteiger partial charge in [0.2, 0.25) is 5.88 Å². The molecule has 0 aliphatic carbocycles. The Kier molecular flexibility index (Phi) is 4.53. The number of rotatable bonds is 3. The van der Waals surface area contributed by atoms with Crippen LogP contribution in [0.3, 0.4) is 0 Å². The van der Waals surface area contributed by atoms with E-state index in [2.05, 4.69) is 32.0 Å². The predicted molar refractivity (Wildman–Crippen MR) is 110 cm³/mol. The van der Waals surface area contributed by atoms with Crippen LogP contribution in [0.5, 0.6) is 5.88 Å². The maximum absolute atomic E-state index is 9.85. The minimum atomic E-state index is -1.05. The maximum atomic E-state index is 9.85. The molecule has 0 bridgehead atoms. The fourth-order valence-electron chi connectivity index (χ4n) is 2.91. The van der Waals surface area contributed by atoms with Gasteiger partial charge in [-0.25, -0.2) is 4.40 Å². The van der Waals surface area contributed by atoms with Crippen LogP contribution >= 0.6 is 0 Å². The van der Waals surface area contributed by atoms with Gasteiger partial charge < -0.3 is 14.7 Å². The van der Waals surface area contributed by atoms with E-state index in [9.17, 15) is 5.11 Å². The van der Waals surface area contributed by atoms with Gasteiger partial charge in [0.25, 0.3) is 5.78 Å². The van der Waals surface area contributed by atoms with Gasteiger partial charge in [-0.05, 0) is 38.1 Å². The molecular weight excluding hydrogens is 368 g/mol. The van der Waals surface area contributed by atoms with Gasteiger partial charge in [-0.1, -0.05) is 17.9 Å². The lowest BCUT2D eigenvalue weighted by molar-refractivity contribution is 0.143. The zero-order chi connectivity index (χ0) is 20.6. The number of methoxy groups -OCH3 is 1. The van der Waals surface area contributed by atoms with Crippen molar-refractivity contribution in [2.45, 2.75) is 19.4 Å². The summed E-state index contributed by atoms with van der Waals surface area (Å²) in [6.45, 7) is 3.31. The average molecular weight is 388 g/mol. The molecule has 0 aliphatic rings. The molecule has 29 heavy (non-hydrogen) atoms. The van der Waals surface area contributed by atoms with E-state index in [1.165, 1.54) is 0 Å². The number of fused-ring (bicyclic) bond motifs is 3. The maximum Gasteiger partial charge on any atom is 0.258 e. The lowest BCUT2D eigenvalue weighted by Crippen LogP contribution is -2.15. The van der Waals surface area contributed by atoms with Crippen molar-refractivity contribution in [1.82, 2.24) is 24.6 Å². The van der Waals surface area contributed by atoms with Gasteiger partial charge in [0.1, 0.15) is 17.7 Å². The molecule has 1 N–H and O–H groups in total. The summed E-state index contributed by atoms with van der Waals surface area (Å²) >= 11 is 0. The Balaban J connectivity index is 1.84. The third kappa shape index (κ3) is 3.68. The van der Waals surface area contributed by atoms with Crippen LogP contribution < -0.4 is 9.64 Å². The van der Waals surface area contributed by atoms with Gasteiger partial charge >= 0.3 is 0 Å². The zero-order valence-corrected chi connectivity index (χ0v) is 16.6. The number of hydrogen-bond donors (Lipinski definition) is 1. The number of nitrogens with zero attached hydrogens (tertiary/aromatic N) is 6.